The van der Waals surface area contributed by atoms with Gasteiger partial charge in [-0.1, -0.05) is 11.6 Å². The minimum atomic E-state index is -0.0441. The molecule has 0 bridgehead atoms. The van der Waals surface area contributed by atoms with Crippen molar-refractivity contribution in [2.75, 3.05) is 31.4 Å². The van der Waals surface area contributed by atoms with E-state index in [1.807, 2.05) is 13.2 Å². The van der Waals surface area contributed by atoms with Gasteiger partial charge in [0.2, 0.25) is 0 Å². The van der Waals surface area contributed by atoms with Gasteiger partial charge >= 0.3 is 0 Å². The third-order valence-electron chi connectivity index (χ3n) is 2.69. The number of nitrogens with one attached hydrogen (secondary N) is 1. The fourth-order valence-corrected chi connectivity index (χ4v) is 2.42. The van der Waals surface area contributed by atoms with Crippen molar-refractivity contribution < 1.29 is 4.79 Å². The Morgan fingerprint density at radius 3 is 2.83 bits per heavy atom. The first-order chi connectivity index (χ1) is 8.49. The van der Waals surface area contributed by atoms with E-state index in [0.29, 0.717) is 16.5 Å². The van der Waals surface area contributed by atoms with Gasteiger partial charge in [-0.3, -0.25) is 4.79 Å². The highest BCUT2D eigenvalue weighted by atomic mass is 35.5. The number of carbonyl (C=O) groups excluding carboxylic acids is 1. The number of nitrogens with zero attached hydrogens (tertiary/aromatic N) is 2. The molecule has 0 saturated carbocycles. The van der Waals surface area contributed by atoms with E-state index in [4.69, 9.17) is 11.6 Å². The Morgan fingerprint density at radius 2 is 2.28 bits per heavy atom. The van der Waals surface area contributed by atoms with Crippen LogP contribution in [0.2, 0.25) is 5.15 Å². The van der Waals surface area contributed by atoms with E-state index in [0.717, 1.165) is 5.75 Å². The van der Waals surface area contributed by atoms with Crippen LogP contribution >= 0.6 is 23.4 Å². The molecule has 18 heavy (non-hydrogen) atoms. The number of amides is 1. The molecule has 1 N–H and O–H groups in total. The molecule has 4 nitrogen and oxygen atoms in total. The number of hydrogen-bond acceptors (Lipinski definition) is 4. The SMILES string of the molecule is CNc1cc(C(=O)N(C)C(C)CSC)cc(Cl)n1. The molecule has 0 fully saturated rings. The summed E-state index contributed by atoms with van der Waals surface area (Å²) in [5.41, 5.74) is 0.551. The maximum absolute atomic E-state index is 12.3. The fourth-order valence-electron chi connectivity index (χ4n) is 1.51. The van der Waals surface area contributed by atoms with Crippen LogP contribution in [0.1, 0.15) is 17.3 Å². The van der Waals surface area contributed by atoms with Crippen LogP contribution in [0, 0.1) is 0 Å². The molecule has 0 radical (unpaired) electrons. The first-order valence-corrected chi connectivity index (χ1v) is 7.38. The maximum atomic E-state index is 12.3. The first kappa shape index (κ1) is 15.1. The molecule has 1 aromatic rings. The summed E-state index contributed by atoms with van der Waals surface area (Å²) in [5.74, 6) is 1.45. The van der Waals surface area contributed by atoms with Gasteiger partial charge in [0.05, 0.1) is 0 Å². The van der Waals surface area contributed by atoms with E-state index in [9.17, 15) is 4.79 Å². The van der Waals surface area contributed by atoms with E-state index in [1.165, 1.54) is 0 Å². The highest BCUT2D eigenvalue weighted by Crippen LogP contribution is 2.17. The standard InChI is InChI=1S/C12H18ClN3OS/c1-8(7-18-4)16(3)12(17)9-5-10(13)15-11(6-9)14-2/h5-6,8H,7H2,1-4H3,(H,14,15). The van der Waals surface area contributed by atoms with Crippen LogP contribution in [0.3, 0.4) is 0 Å². The highest BCUT2D eigenvalue weighted by molar-refractivity contribution is 7.98. The highest BCUT2D eigenvalue weighted by Gasteiger charge is 2.18. The second-order valence-electron chi connectivity index (χ2n) is 4.03. The van der Waals surface area contributed by atoms with E-state index in [-0.39, 0.29) is 11.9 Å². The largest absolute Gasteiger partial charge is 0.373 e. The summed E-state index contributed by atoms with van der Waals surface area (Å²) in [6.45, 7) is 2.02. The van der Waals surface area contributed by atoms with Gasteiger partial charge < -0.3 is 10.2 Å². The van der Waals surface area contributed by atoms with Crippen molar-refractivity contribution in [2.24, 2.45) is 0 Å². The molecule has 1 atom stereocenters. The van der Waals surface area contributed by atoms with Crippen molar-refractivity contribution >= 4 is 35.1 Å². The molecule has 0 aliphatic rings. The molecule has 1 aromatic heterocycles. The number of aromatic nitrogens is 1. The average molecular weight is 288 g/mol. The average Bonchev–Trinajstić information content (AvgIpc) is 2.36. The second kappa shape index (κ2) is 6.85. The minimum Gasteiger partial charge on any atom is -0.373 e. The summed E-state index contributed by atoms with van der Waals surface area (Å²) in [5, 5.41) is 3.20. The molecule has 1 amide bonds. The number of anilines is 1. The summed E-state index contributed by atoms with van der Waals surface area (Å²) in [4.78, 5) is 18.1. The van der Waals surface area contributed by atoms with Crippen LogP contribution in [0.25, 0.3) is 0 Å². The van der Waals surface area contributed by atoms with Crippen LogP contribution in [0.15, 0.2) is 12.1 Å². The predicted molar refractivity (Wildman–Crippen MR) is 78.7 cm³/mol. The molecule has 6 heteroatoms. The van der Waals surface area contributed by atoms with Crippen LogP contribution in [-0.2, 0) is 0 Å². The summed E-state index contributed by atoms with van der Waals surface area (Å²) in [7, 11) is 3.55. The molecular formula is C12H18ClN3OS. The second-order valence-corrected chi connectivity index (χ2v) is 5.33. The summed E-state index contributed by atoms with van der Waals surface area (Å²) in [6.07, 6.45) is 2.03. The minimum absolute atomic E-state index is 0.0441. The Balaban J connectivity index is 2.92. The third-order valence-corrected chi connectivity index (χ3v) is 3.70. The molecular weight excluding hydrogens is 270 g/mol. The van der Waals surface area contributed by atoms with Crippen molar-refractivity contribution in [3.05, 3.63) is 22.8 Å². The number of pyridine rings is 1. The fraction of sp³-hybridized carbons (Fsp3) is 0.500. The Kier molecular flexibility index (Phi) is 5.75. The van der Waals surface area contributed by atoms with Gasteiger partial charge in [0.1, 0.15) is 11.0 Å². The van der Waals surface area contributed by atoms with Crippen molar-refractivity contribution in [3.8, 4) is 0 Å². The van der Waals surface area contributed by atoms with E-state index < -0.39 is 0 Å². The zero-order chi connectivity index (χ0) is 13.7. The Hall–Kier alpha value is -0.940. The summed E-state index contributed by atoms with van der Waals surface area (Å²) >= 11 is 7.61. The topological polar surface area (TPSA) is 45.2 Å². The molecule has 0 spiro atoms. The zero-order valence-corrected chi connectivity index (χ0v) is 12.6. The molecule has 0 saturated heterocycles. The van der Waals surface area contributed by atoms with E-state index in [2.05, 4.69) is 10.3 Å². The molecule has 1 unspecified atom stereocenters. The number of hydrogen-bond donors (Lipinski definition) is 1. The summed E-state index contributed by atoms with van der Waals surface area (Å²) in [6, 6.07) is 3.47. The molecule has 0 aliphatic carbocycles. The van der Waals surface area contributed by atoms with Crippen molar-refractivity contribution in [3.63, 3.8) is 0 Å². The number of carbonyl (C=O) groups is 1. The number of thioether (sulfide) groups is 1. The van der Waals surface area contributed by atoms with Gasteiger partial charge in [-0.15, -0.1) is 0 Å². The normalized spacial score (nSPS) is 12.1. The molecule has 1 rings (SSSR count). The van der Waals surface area contributed by atoms with Crippen molar-refractivity contribution in [1.82, 2.24) is 9.88 Å². The Morgan fingerprint density at radius 1 is 1.61 bits per heavy atom. The van der Waals surface area contributed by atoms with Crippen molar-refractivity contribution in [2.45, 2.75) is 13.0 Å². The Bertz CT molecular complexity index is 428. The van der Waals surface area contributed by atoms with Crippen LogP contribution in [0.4, 0.5) is 5.82 Å². The zero-order valence-electron chi connectivity index (χ0n) is 11.0. The molecule has 0 aromatic carbocycles. The monoisotopic (exact) mass is 287 g/mol. The lowest BCUT2D eigenvalue weighted by atomic mass is 10.2. The van der Waals surface area contributed by atoms with Gasteiger partial charge in [-0.2, -0.15) is 11.8 Å². The molecule has 1 heterocycles. The summed E-state index contributed by atoms with van der Waals surface area (Å²) < 4.78 is 0. The quantitative estimate of drug-likeness (QED) is 0.846. The predicted octanol–water partition coefficient (Wildman–Crippen LogP) is 2.60. The van der Waals surface area contributed by atoms with E-state index in [1.54, 1.807) is 42.9 Å². The third kappa shape index (κ3) is 3.78. The number of rotatable bonds is 5. The lowest BCUT2D eigenvalue weighted by Gasteiger charge is -2.24. The first-order valence-electron chi connectivity index (χ1n) is 5.61. The van der Waals surface area contributed by atoms with Gasteiger partial charge in [0.15, 0.2) is 0 Å². The van der Waals surface area contributed by atoms with Crippen molar-refractivity contribution in [1.29, 1.82) is 0 Å². The molecule has 100 valence electrons. The maximum Gasteiger partial charge on any atom is 0.254 e. The lowest BCUT2D eigenvalue weighted by molar-refractivity contribution is 0.0757. The van der Waals surface area contributed by atoms with Crippen LogP contribution in [0.5, 0.6) is 0 Å². The van der Waals surface area contributed by atoms with E-state index >= 15 is 0 Å². The number of halogens is 1. The van der Waals surface area contributed by atoms with Gasteiger partial charge in [-0.25, -0.2) is 4.98 Å². The van der Waals surface area contributed by atoms with Gasteiger partial charge in [0.25, 0.3) is 5.91 Å². The lowest BCUT2D eigenvalue weighted by Crippen LogP contribution is -2.36. The smallest absolute Gasteiger partial charge is 0.254 e. The van der Waals surface area contributed by atoms with Crippen LogP contribution < -0.4 is 5.32 Å². The van der Waals surface area contributed by atoms with Crippen LogP contribution in [-0.4, -0.2) is 47.9 Å². The molecule has 0 aliphatic heterocycles. The Labute approximate surface area is 117 Å². The van der Waals surface area contributed by atoms with Gasteiger partial charge in [-0.05, 0) is 25.3 Å². The van der Waals surface area contributed by atoms with Gasteiger partial charge in [0, 0.05) is 31.5 Å².